The zero-order valence-corrected chi connectivity index (χ0v) is 57.9. The molecular formula is C68H122O23. The smallest absolute Gasteiger partial charge is 0.133 e. The largest absolute Gasteiger partial charge is 0.457 e. The average Bonchev–Trinajstić information content (AvgIpc) is 0.759. The van der Waals surface area contributed by atoms with E-state index >= 15 is 0 Å². The monoisotopic (exact) mass is 1310 g/mol. The first kappa shape index (κ1) is 84.4. The minimum atomic E-state index is -0.771. The van der Waals surface area contributed by atoms with Gasteiger partial charge in [-0.2, -0.15) is 0 Å². The van der Waals surface area contributed by atoms with Gasteiger partial charge in [-0.3, -0.25) is 0 Å². The molecule has 2 unspecified atom stereocenters. The molecule has 0 saturated carbocycles. The van der Waals surface area contributed by atoms with Crippen LogP contribution in [0.4, 0.5) is 0 Å². The lowest BCUT2D eigenvalue weighted by molar-refractivity contribution is -0.0385. The van der Waals surface area contributed by atoms with Gasteiger partial charge < -0.3 is 110 Å². The standard InChI is InChI=1S/C68H122O23/c1-65(2,3)55-13-15-57(61(63(55)67(7,8)9)59(53-71)89-51-49-87-47-45-85-43-41-83-39-37-81-35-33-79-31-29-77-27-25-75-23-21-73-19-17-69)91-58-16-14-56(66(4,5)6)64(68(10,11)12)62(58)60(54-72)90-52-50-88-48-46-86-44-42-84-40-38-82-36-34-80-32-30-78-28-26-76-24-22-74-20-18-70/h13-16,59-60,69-72H,17-54H2,1-12H3. The molecule has 0 bridgehead atoms. The van der Waals surface area contributed by atoms with Crippen LogP contribution in [-0.2, 0) is 107 Å². The van der Waals surface area contributed by atoms with Crippen LogP contribution in [0.1, 0.15) is 129 Å². The summed E-state index contributed by atoms with van der Waals surface area (Å²) in [4.78, 5) is 0. The molecule has 0 heterocycles. The molecule has 23 nitrogen and oxygen atoms in total. The molecule has 0 radical (unpaired) electrons. The van der Waals surface area contributed by atoms with E-state index in [0.29, 0.717) is 210 Å². The maximum Gasteiger partial charge on any atom is 0.133 e. The van der Waals surface area contributed by atoms with Gasteiger partial charge in [-0.1, -0.05) is 95.2 Å². The third-order valence-corrected chi connectivity index (χ3v) is 13.5. The summed E-state index contributed by atoms with van der Waals surface area (Å²) in [6.45, 7) is 39.4. The Bertz CT molecular complexity index is 1890. The summed E-state index contributed by atoms with van der Waals surface area (Å²) in [7, 11) is 0. The van der Waals surface area contributed by atoms with Crippen LogP contribution in [0.5, 0.6) is 11.5 Å². The van der Waals surface area contributed by atoms with E-state index < -0.39 is 23.0 Å². The van der Waals surface area contributed by atoms with Crippen LogP contribution in [0.3, 0.4) is 0 Å². The lowest BCUT2D eigenvalue weighted by Gasteiger charge is -2.37. The van der Waals surface area contributed by atoms with Gasteiger partial charge in [0.1, 0.15) is 23.7 Å². The van der Waals surface area contributed by atoms with Crippen LogP contribution in [0, 0.1) is 0 Å². The van der Waals surface area contributed by atoms with Gasteiger partial charge in [0, 0.05) is 11.1 Å². The second-order valence-corrected chi connectivity index (χ2v) is 25.2. The van der Waals surface area contributed by atoms with Crippen molar-refractivity contribution in [3.63, 3.8) is 0 Å². The highest BCUT2D eigenvalue weighted by molar-refractivity contribution is 5.57. The minimum Gasteiger partial charge on any atom is -0.457 e. The molecule has 0 saturated heterocycles. The first-order valence-corrected chi connectivity index (χ1v) is 32.7. The molecule has 2 rings (SSSR count). The van der Waals surface area contributed by atoms with Gasteiger partial charge in [0.2, 0.25) is 0 Å². The van der Waals surface area contributed by atoms with Crippen LogP contribution in [-0.4, -0.2) is 271 Å². The van der Waals surface area contributed by atoms with Crippen molar-refractivity contribution in [1.82, 2.24) is 0 Å². The van der Waals surface area contributed by atoms with E-state index in [-0.39, 0.29) is 63.7 Å². The van der Waals surface area contributed by atoms with Gasteiger partial charge in [0.15, 0.2) is 0 Å². The fraction of sp³-hybridized carbons (Fsp3) is 0.824. The molecule has 23 heteroatoms. The zero-order chi connectivity index (χ0) is 66.9. The van der Waals surface area contributed by atoms with Crippen molar-refractivity contribution in [1.29, 1.82) is 0 Å². The topological polar surface area (TPSA) is 256 Å². The summed E-state index contributed by atoms with van der Waals surface area (Å²) in [5.41, 5.74) is 4.44. The summed E-state index contributed by atoms with van der Waals surface area (Å²) in [6, 6.07) is 8.19. The van der Waals surface area contributed by atoms with Crippen molar-refractivity contribution < 1.29 is 110 Å². The van der Waals surface area contributed by atoms with Crippen molar-refractivity contribution in [2.45, 2.75) is 117 Å². The van der Waals surface area contributed by atoms with Gasteiger partial charge in [-0.05, 0) is 56.0 Å². The Balaban J connectivity index is 1.93. The molecule has 2 aromatic carbocycles. The van der Waals surface area contributed by atoms with Crippen molar-refractivity contribution in [3.05, 3.63) is 57.6 Å². The van der Waals surface area contributed by atoms with Gasteiger partial charge in [0.25, 0.3) is 0 Å². The van der Waals surface area contributed by atoms with Crippen LogP contribution in [0.15, 0.2) is 24.3 Å². The molecule has 0 aliphatic heterocycles. The fourth-order valence-corrected chi connectivity index (χ4v) is 9.37. The Labute approximate surface area is 545 Å². The van der Waals surface area contributed by atoms with Gasteiger partial charge in [-0.15, -0.1) is 0 Å². The van der Waals surface area contributed by atoms with E-state index in [4.69, 9.17) is 100 Å². The molecule has 532 valence electrons. The van der Waals surface area contributed by atoms with Crippen molar-refractivity contribution in [2.75, 3.05) is 251 Å². The minimum absolute atomic E-state index is 0.00516. The predicted molar refractivity (Wildman–Crippen MR) is 347 cm³/mol. The van der Waals surface area contributed by atoms with Gasteiger partial charge in [0.05, 0.1) is 251 Å². The second-order valence-electron chi connectivity index (χ2n) is 25.2. The van der Waals surface area contributed by atoms with Crippen LogP contribution < -0.4 is 4.74 Å². The molecular weight excluding hydrogens is 1180 g/mol. The number of aliphatic hydroxyl groups excluding tert-OH is 4. The average molecular weight is 1310 g/mol. The highest BCUT2D eigenvalue weighted by atomic mass is 16.6. The van der Waals surface area contributed by atoms with E-state index in [2.05, 4.69) is 95.2 Å². The van der Waals surface area contributed by atoms with E-state index in [1.54, 1.807) is 0 Å². The number of rotatable bonds is 60. The van der Waals surface area contributed by atoms with Gasteiger partial charge >= 0.3 is 0 Å². The Morgan fingerprint density at radius 2 is 0.440 bits per heavy atom. The van der Waals surface area contributed by atoms with E-state index in [1.807, 2.05) is 12.1 Å². The first-order valence-electron chi connectivity index (χ1n) is 32.7. The lowest BCUT2D eigenvalue weighted by atomic mass is 9.72. The number of ether oxygens (including phenoxy) is 19. The number of benzene rings is 2. The third kappa shape index (κ3) is 39.2. The molecule has 2 atom stereocenters. The molecule has 0 aliphatic rings. The highest BCUT2D eigenvalue weighted by Crippen LogP contribution is 2.48. The van der Waals surface area contributed by atoms with Crippen molar-refractivity contribution in [3.8, 4) is 11.5 Å². The molecule has 2 aromatic rings. The van der Waals surface area contributed by atoms with Crippen molar-refractivity contribution >= 4 is 0 Å². The third-order valence-electron chi connectivity index (χ3n) is 13.5. The molecule has 0 fully saturated rings. The summed E-state index contributed by atoms with van der Waals surface area (Å²) >= 11 is 0. The quantitative estimate of drug-likeness (QED) is 0.0485. The Kier molecular flexibility index (Phi) is 47.9. The van der Waals surface area contributed by atoms with Crippen molar-refractivity contribution in [2.24, 2.45) is 0 Å². The highest BCUT2D eigenvalue weighted by Gasteiger charge is 2.36. The fourth-order valence-electron chi connectivity index (χ4n) is 9.37. The molecule has 0 amide bonds. The molecule has 0 aromatic heterocycles. The summed E-state index contributed by atoms with van der Waals surface area (Å²) < 4.78 is 109. The SMILES string of the molecule is CC(C)(C)c1ccc(Oc2ccc(C(C)(C)C)c(C(C)(C)C)c2C(CO)OCCOCCOCCOCCOCCOCCOCCOCCOCCO)c(C(CO)OCCOCCOCCOCCOCCOCCOCCOCCOCCO)c1C(C)(C)C. The Morgan fingerprint density at radius 3 is 0.604 bits per heavy atom. The van der Waals surface area contributed by atoms with E-state index in [0.717, 1.165) is 33.4 Å². The van der Waals surface area contributed by atoms with Crippen LogP contribution >= 0.6 is 0 Å². The second kappa shape index (κ2) is 51.6. The van der Waals surface area contributed by atoms with Gasteiger partial charge in [-0.25, -0.2) is 0 Å². The molecule has 0 spiro atoms. The predicted octanol–water partition coefficient (Wildman–Crippen LogP) is 7.02. The first-order chi connectivity index (χ1) is 43.7. The molecule has 91 heavy (non-hydrogen) atoms. The maximum atomic E-state index is 11.2. The number of aliphatic hydroxyl groups is 4. The van der Waals surface area contributed by atoms with Crippen LogP contribution in [0.25, 0.3) is 0 Å². The normalized spacial score (nSPS) is 13.2. The molecule has 4 N–H and O–H groups in total. The zero-order valence-electron chi connectivity index (χ0n) is 57.9. The lowest BCUT2D eigenvalue weighted by Crippen LogP contribution is -2.28. The summed E-state index contributed by atoms with van der Waals surface area (Å²) in [5, 5.41) is 39.9. The van der Waals surface area contributed by atoms with E-state index in [1.165, 1.54) is 0 Å². The summed E-state index contributed by atoms with van der Waals surface area (Å²) in [6.07, 6.45) is -1.54. The van der Waals surface area contributed by atoms with E-state index in [9.17, 15) is 10.2 Å². The molecule has 0 aliphatic carbocycles. The summed E-state index contributed by atoms with van der Waals surface area (Å²) in [5.74, 6) is 1.06. The Morgan fingerprint density at radius 1 is 0.253 bits per heavy atom. The number of hydrogen-bond donors (Lipinski definition) is 4. The maximum absolute atomic E-state index is 11.2. The number of hydrogen-bond acceptors (Lipinski definition) is 23. The van der Waals surface area contributed by atoms with Crippen LogP contribution in [0.2, 0.25) is 0 Å². The Hall–Kier alpha value is -2.64.